The molecule has 0 saturated carbocycles. The lowest BCUT2D eigenvalue weighted by Crippen LogP contribution is -2.57. The second kappa shape index (κ2) is 6.49. The van der Waals surface area contributed by atoms with Gasteiger partial charge in [0.05, 0.1) is 26.0 Å². The molecular weight excluding hydrogens is 292 g/mol. The van der Waals surface area contributed by atoms with E-state index in [0.717, 1.165) is 24.3 Å². The highest BCUT2D eigenvalue weighted by atomic mass is 16.5. The van der Waals surface area contributed by atoms with Gasteiger partial charge in [-0.3, -0.25) is 4.90 Å². The number of nitrogens with zero attached hydrogens (tertiary/aromatic N) is 2. The van der Waals surface area contributed by atoms with Crippen molar-refractivity contribution in [3.8, 4) is 5.75 Å². The molecule has 1 aromatic rings. The van der Waals surface area contributed by atoms with E-state index in [9.17, 15) is 0 Å². The normalized spacial score (nSPS) is 26.0. The molecule has 1 aromatic carbocycles. The first kappa shape index (κ1) is 16.3. The van der Waals surface area contributed by atoms with Gasteiger partial charge >= 0.3 is 0 Å². The van der Waals surface area contributed by atoms with E-state index in [1.807, 2.05) is 0 Å². The average Bonchev–Trinajstić information content (AvgIpc) is 2.55. The van der Waals surface area contributed by atoms with Gasteiger partial charge in [0, 0.05) is 31.0 Å². The van der Waals surface area contributed by atoms with E-state index >= 15 is 0 Å². The van der Waals surface area contributed by atoms with Crippen molar-refractivity contribution in [3.63, 3.8) is 0 Å². The number of methoxy groups -OCH3 is 1. The monoisotopic (exact) mass is 318 g/mol. The summed E-state index contributed by atoms with van der Waals surface area (Å²) in [6, 6.07) is 5.11. The Morgan fingerprint density at radius 3 is 2.43 bits per heavy atom. The van der Waals surface area contributed by atoms with Crippen LogP contribution in [0.4, 0.5) is 0 Å². The summed E-state index contributed by atoms with van der Waals surface area (Å²) in [7, 11) is 1.72. The molecule has 126 valence electrons. The van der Waals surface area contributed by atoms with Crippen LogP contribution in [0.5, 0.6) is 5.75 Å². The van der Waals surface area contributed by atoms with Gasteiger partial charge in [0.15, 0.2) is 0 Å². The van der Waals surface area contributed by atoms with Gasteiger partial charge < -0.3 is 14.7 Å². The van der Waals surface area contributed by atoms with Gasteiger partial charge in [-0.2, -0.15) is 0 Å². The lowest BCUT2D eigenvalue weighted by atomic mass is 9.88. The minimum absolute atomic E-state index is 0.283. The van der Waals surface area contributed by atoms with Crippen LogP contribution in [-0.2, 0) is 4.74 Å². The van der Waals surface area contributed by atoms with Gasteiger partial charge in [-0.05, 0) is 43.5 Å². The molecule has 0 aromatic heterocycles. The molecule has 3 rings (SSSR count). The zero-order valence-electron chi connectivity index (χ0n) is 14.4. The standard InChI is InChI=1S/C18H26N2O3/c1-11-12(2)18(22-4)6-5-17(11)13(3)20-15-7-14(19-21)8-16(20)10-23-9-15/h5-6,13,15-16,21H,7-10H2,1-4H3. The molecule has 2 heterocycles. The minimum Gasteiger partial charge on any atom is -0.496 e. The number of fused-ring (bicyclic) bond motifs is 2. The smallest absolute Gasteiger partial charge is 0.122 e. The van der Waals surface area contributed by atoms with Crippen LogP contribution in [0.25, 0.3) is 0 Å². The minimum atomic E-state index is 0.283. The maximum atomic E-state index is 9.14. The van der Waals surface area contributed by atoms with Crippen LogP contribution >= 0.6 is 0 Å². The second-order valence-electron chi connectivity index (χ2n) is 6.65. The summed E-state index contributed by atoms with van der Waals surface area (Å²) in [5.74, 6) is 0.940. The van der Waals surface area contributed by atoms with Crippen molar-refractivity contribution in [2.45, 2.75) is 51.7 Å². The van der Waals surface area contributed by atoms with E-state index in [1.165, 1.54) is 16.7 Å². The summed E-state index contributed by atoms with van der Waals surface area (Å²) in [5, 5.41) is 12.6. The average molecular weight is 318 g/mol. The number of morpholine rings is 1. The molecule has 5 nitrogen and oxygen atoms in total. The third-order valence-corrected chi connectivity index (χ3v) is 5.44. The van der Waals surface area contributed by atoms with Gasteiger partial charge in [0.1, 0.15) is 5.75 Å². The van der Waals surface area contributed by atoms with Crippen LogP contribution in [0.2, 0.25) is 0 Å². The summed E-state index contributed by atoms with van der Waals surface area (Å²) in [4.78, 5) is 2.55. The zero-order valence-corrected chi connectivity index (χ0v) is 14.4. The Morgan fingerprint density at radius 1 is 1.22 bits per heavy atom. The van der Waals surface area contributed by atoms with Gasteiger partial charge in [0.25, 0.3) is 0 Å². The Bertz CT molecular complexity index is 599. The first-order chi connectivity index (χ1) is 11.1. The SMILES string of the molecule is COc1ccc(C(C)N2C3COCC2CC(=NO)C3)c(C)c1C. The van der Waals surface area contributed by atoms with Gasteiger partial charge in [0.2, 0.25) is 0 Å². The van der Waals surface area contributed by atoms with E-state index < -0.39 is 0 Å². The van der Waals surface area contributed by atoms with E-state index in [1.54, 1.807) is 7.11 Å². The lowest BCUT2D eigenvalue weighted by Gasteiger charge is -2.49. The van der Waals surface area contributed by atoms with Gasteiger partial charge in [-0.15, -0.1) is 0 Å². The van der Waals surface area contributed by atoms with Crippen molar-refractivity contribution in [1.29, 1.82) is 0 Å². The number of hydrogen-bond acceptors (Lipinski definition) is 5. The highest BCUT2D eigenvalue weighted by Crippen LogP contribution is 2.37. The van der Waals surface area contributed by atoms with Crippen LogP contribution in [0.1, 0.15) is 42.5 Å². The summed E-state index contributed by atoms with van der Waals surface area (Å²) < 4.78 is 11.2. The van der Waals surface area contributed by atoms with Crippen LogP contribution in [0.3, 0.4) is 0 Å². The van der Waals surface area contributed by atoms with Gasteiger partial charge in [-0.25, -0.2) is 0 Å². The number of oxime groups is 1. The van der Waals surface area contributed by atoms with Crippen LogP contribution in [0.15, 0.2) is 17.3 Å². The maximum absolute atomic E-state index is 9.14. The van der Waals surface area contributed by atoms with E-state index in [2.05, 4.69) is 43.0 Å². The molecule has 0 amide bonds. The molecular formula is C18H26N2O3. The molecule has 2 fully saturated rings. The van der Waals surface area contributed by atoms with Crippen LogP contribution in [-0.4, -0.2) is 48.2 Å². The van der Waals surface area contributed by atoms with E-state index in [0.29, 0.717) is 19.3 Å². The number of ether oxygens (including phenoxy) is 2. The molecule has 0 spiro atoms. The molecule has 2 saturated heterocycles. The second-order valence-corrected chi connectivity index (χ2v) is 6.65. The molecule has 2 bridgehead atoms. The number of hydrogen-bond donors (Lipinski definition) is 1. The summed E-state index contributed by atoms with van der Waals surface area (Å²) in [5.41, 5.74) is 4.73. The molecule has 3 atom stereocenters. The quantitative estimate of drug-likeness (QED) is 0.687. The largest absolute Gasteiger partial charge is 0.496 e. The fraction of sp³-hybridized carbons (Fsp3) is 0.611. The highest BCUT2D eigenvalue weighted by Gasteiger charge is 2.40. The molecule has 5 heteroatoms. The Kier molecular flexibility index (Phi) is 4.60. The first-order valence-electron chi connectivity index (χ1n) is 8.25. The first-order valence-corrected chi connectivity index (χ1v) is 8.25. The van der Waals surface area contributed by atoms with Crippen molar-refractivity contribution in [1.82, 2.24) is 4.90 Å². The lowest BCUT2D eigenvalue weighted by molar-refractivity contribution is -0.0719. The fourth-order valence-electron chi connectivity index (χ4n) is 4.13. The predicted molar refractivity (Wildman–Crippen MR) is 89.6 cm³/mol. The maximum Gasteiger partial charge on any atom is 0.122 e. The third-order valence-electron chi connectivity index (χ3n) is 5.44. The number of rotatable bonds is 3. The van der Waals surface area contributed by atoms with E-state index in [4.69, 9.17) is 14.7 Å². The Morgan fingerprint density at radius 2 is 1.87 bits per heavy atom. The zero-order chi connectivity index (χ0) is 16.6. The number of benzene rings is 1. The van der Waals surface area contributed by atoms with Crippen LogP contribution < -0.4 is 4.74 Å². The predicted octanol–water partition coefficient (Wildman–Crippen LogP) is 3.07. The summed E-state index contributed by atoms with van der Waals surface area (Å²) in [6.07, 6.45) is 1.57. The Labute approximate surface area is 137 Å². The topological polar surface area (TPSA) is 54.3 Å². The van der Waals surface area contributed by atoms with Crippen molar-refractivity contribution in [2.75, 3.05) is 20.3 Å². The third kappa shape index (κ3) is 2.83. The van der Waals surface area contributed by atoms with Crippen LogP contribution in [0, 0.1) is 13.8 Å². The Balaban J connectivity index is 1.91. The molecule has 2 aliphatic heterocycles. The molecule has 23 heavy (non-hydrogen) atoms. The number of piperidine rings is 1. The van der Waals surface area contributed by atoms with Crippen molar-refractivity contribution in [2.24, 2.45) is 5.16 Å². The molecule has 1 N–H and O–H groups in total. The van der Waals surface area contributed by atoms with Gasteiger partial charge in [-0.1, -0.05) is 11.2 Å². The fourth-order valence-corrected chi connectivity index (χ4v) is 4.13. The molecule has 0 aliphatic carbocycles. The summed E-state index contributed by atoms with van der Waals surface area (Å²) >= 11 is 0. The molecule has 2 aliphatic rings. The molecule has 0 radical (unpaired) electrons. The highest BCUT2D eigenvalue weighted by molar-refractivity contribution is 5.86. The van der Waals surface area contributed by atoms with Crippen molar-refractivity contribution >= 4 is 5.71 Å². The van der Waals surface area contributed by atoms with Crippen molar-refractivity contribution < 1.29 is 14.7 Å². The molecule has 3 unspecified atom stereocenters. The summed E-state index contributed by atoms with van der Waals surface area (Å²) in [6.45, 7) is 7.95. The van der Waals surface area contributed by atoms with E-state index in [-0.39, 0.29) is 12.1 Å². The Hall–Kier alpha value is -1.59. The van der Waals surface area contributed by atoms with Crippen molar-refractivity contribution in [3.05, 3.63) is 28.8 Å².